The minimum absolute atomic E-state index is 0.136. The molecule has 0 amide bonds. The van der Waals surface area contributed by atoms with Crippen molar-refractivity contribution in [3.05, 3.63) is 11.6 Å². The van der Waals surface area contributed by atoms with E-state index in [2.05, 4.69) is 75.3 Å². The maximum atomic E-state index is 10.8. The van der Waals surface area contributed by atoms with E-state index in [0.717, 1.165) is 11.8 Å². The van der Waals surface area contributed by atoms with Crippen LogP contribution in [0.15, 0.2) is 11.6 Å². The first-order valence-electron chi connectivity index (χ1n) is 17.1. The molecule has 0 aromatic rings. The van der Waals surface area contributed by atoms with E-state index < -0.39 is 8.32 Å². The molecule has 8 atom stereocenters. The van der Waals surface area contributed by atoms with E-state index in [0.29, 0.717) is 34.9 Å². The van der Waals surface area contributed by atoms with Gasteiger partial charge in [-0.15, -0.1) is 0 Å². The Morgan fingerprint density at radius 1 is 0.821 bits per heavy atom. The summed E-state index contributed by atoms with van der Waals surface area (Å²) in [5.74, 6) is 2.07. The normalized spacial score (nSPS) is 46.8. The molecule has 0 aliphatic heterocycles. The van der Waals surface area contributed by atoms with Crippen molar-refractivity contribution in [2.24, 2.45) is 50.2 Å². The van der Waals surface area contributed by atoms with Crippen LogP contribution in [-0.2, 0) is 4.43 Å². The molecule has 39 heavy (non-hydrogen) atoms. The molecule has 0 aromatic carbocycles. The lowest BCUT2D eigenvalue weighted by atomic mass is 9.33. The molecule has 0 radical (unpaired) electrons. The summed E-state index contributed by atoms with van der Waals surface area (Å²) < 4.78 is 7.31. The predicted molar refractivity (Wildman–Crippen MR) is 168 cm³/mol. The van der Waals surface area contributed by atoms with Crippen molar-refractivity contribution in [2.75, 3.05) is 6.61 Å². The number of fused-ring (bicyclic) bond motifs is 7. The standard InChI is InChI=1S/C36H64O2Si/c1-11-39(12-2,13-3)38-30-17-18-33(8)28(32(30,6)7)16-19-35(10)29(33)15-14-26-27-24-31(4,5)20-22-36(27,25-37)23-21-34(26,35)9/h14,27-30,37H,11-13,15-25H2,1-10H3/t27-,28?,29?,30-,33?,34-,35+,36+/m0/s1. The van der Waals surface area contributed by atoms with E-state index in [1.54, 1.807) is 5.57 Å². The summed E-state index contributed by atoms with van der Waals surface area (Å²) in [6, 6.07) is 3.78. The molecule has 0 heterocycles. The van der Waals surface area contributed by atoms with Gasteiger partial charge in [-0.1, -0.05) is 80.9 Å². The summed E-state index contributed by atoms with van der Waals surface area (Å²) in [4.78, 5) is 0. The summed E-state index contributed by atoms with van der Waals surface area (Å²) in [7, 11) is -1.63. The third-order valence-electron chi connectivity index (χ3n) is 15.4. The second kappa shape index (κ2) is 9.70. The van der Waals surface area contributed by atoms with Crippen molar-refractivity contribution in [2.45, 2.75) is 158 Å². The third kappa shape index (κ3) is 4.19. The van der Waals surface area contributed by atoms with Crippen LogP contribution in [0, 0.1) is 50.2 Å². The molecule has 5 aliphatic carbocycles. The van der Waals surface area contributed by atoms with Crippen molar-refractivity contribution in [1.29, 1.82) is 0 Å². The van der Waals surface area contributed by atoms with E-state index in [9.17, 15) is 5.11 Å². The highest BCUT2D eigenvalue weighted by Crippen LogP contribution is 2.75. The lowest BCUT2D eigenvalue weighted by molar-refractivity contribution is -0.202. The number of rotatable bonds is 6. The molecule has 0 aromatic heterocycles. The van der Waals surface area contributed by atoms with Crippen molar-refractivity contribution >= 4 is 8.32 Å². The van der Waals surface area contributed by atoms with Crippen LogP contribution in [0.25, 0.3) is 0 Å². The first-order valence-corrected chi connectivity index (χ1v) is 19.6. The second-order valence-electron chi connectivity index (χ2n) is 17.4. The van der Waals surface area contributed by atoms with Crippen LogP contribution < -0.4 is 0 Å². The largest absolute Gasteiger partial charge is 0.413 e. The van der Waals surface area contributed by atoms with Crippen molar-refractivity contribution < 1.29 is 9.53 Å². The van der Waals surface area contributed by atoms with Gasteiger partial charge in [-0.2, -0.15) is 0 Å². The van der Waals surface area contributed by atoms with Crippen molar-refractivity contribution in [3.8, 4) is 0 Å². The third-order valence-corrected chi connectivity index (χ3v) is 20.0. The molecule has 4 fully saturated rings. The summed E-state index contributed by atoms with van der Waals surface area (Å²) in [6.45, 7) is 25.8. The highest BCUT2D eigenvalue weighted by molar-refractivity contribution is 6.73. The van der Waals surface area contributed by atoms with Crippen LogP contribution in [0.2, 0.25) is 18.1 Å². The fraction of sp³-hybridized carbons (Fsp3) is 0.944. The molecule has 0 bridgehead atoms. The zero-order chi connectivity index (χ0) is 28.7. The Hall–Kier alpha value is -0.123. The highest BCUT2D eigenvalue weighted by Gasteiger charge is 2.68. The van der Waals surface area contributed by atoms with Gasteiger partial charge in [-0.05, 0) is 127 Å². The van der Waals surface area contributed by atoms with Gasteiger partial charge in [0.25, 0.3) is 0 Å². The number of hydrogen-bond donors (Lipinski definition) is 1. The Labute approximate surface area is 243 Å². The minimum atomic E-state index is -1.63. The Kier molecular flexibility index (Phi) is 7.54. The zero-order valence-electron chi connectivity index (χ0n) is 27.6. The lowest BCUT2D eigenvalue weighted by Gasteiger charge is -2.71. The number of aliphatic hydroxyl groups is 1. The molecule has 3 heteroatoms. The molecule has 0 spiro atoms. The maximum Gasteiger partial charge on any atom is 0.192 e. The van der Waals surface area contributed by atoms with E-state index in [1.165, 1.54) is 82.3 Å². The number of aliphatic hydroxyl groups excluding tert-OH is 1. The fourth-order valence-electron chi connectivity index (χ4n) is 12.1. The van der Waals surface area contributed by atoms with Crippen molar-refractivity contribution in [3.63, 3.8) is 0 Å². The smallest absolute Gasteiger partial charge is 0.192 e. The van der Waals surface area contributed by atoms with Gasteiger partial charge < -0.3 is 9.53 Å². The van der Waals surface area contributed by atoms with Gasteiger partial charge in [-0.3, -0.25) is 0 Å². The molecular weight excluding hydrogens is 492 g/mol. The zero-order valence-corrected chi connectivity index (χ0v) is 28.6. The molecule has 1 N–H and O–H groups in total. The first-order chi connectivity index (χ1) is 18.1. The molecule has 5 rings (SSSR count). The van der Waals surface area contributed by atoms with E-state index in [4.69, 9.17) is 4.43 Å². The molecule has 4 saturated carbocycles. The van der Waals surface area contributed by atoms with Gasteiger partial charge in [0.05, 0.1) is 6.10 Å². The summed E-state index contributed by atoms with van der Waals surface area (Å²) >= 11 is 0. The first kappa shape index (κ1) is 30.3. The van der Waals surface area contributed by atoms with Crippen LogP contribution in [0.3, 0.4) is 0 Å². The summed E-state index contributed by atoms with van der Waals surface area (Å²) in [5, 5.41) is 10.8. The van der Waals surface area contributed by atoms with Crippen LogP contribution in [0.1, 0.15) is 133 Å². The number of allylic oxidation sites excluding steroid dienone is 2. The predicted octanol–water partition coefficient (Wildman–Crippen LogP) is 10.2. The van der Waals surface area contributed by atoms with Gasteiger partial charge in [0.1, 0.15) is 0 Å². The summed E-state index contributed by atoms with van der Waals surface area (Å²) in [6.07, 6.45) is 16.0. The van der Waals surface area contributed by atoms with Crippen LogP contribution in [0.5, 0.6) is 0 Å². The minimum Gasteiger partial charge on any atom is -0.413 e. The Morgan fingerprint density at radius 2 is 1.46 bits per heavy atom. The van der Waals surface area contributed by atoms with E-state index >= 15 is 0 Å². The highest BCUT2D eigenvalue weighted by atomic mass is 28.4. The second-order valence-corrected chi connectivity index (χ2v) is 22.2. The molecule has 3 unspecified atom stereocenters. The molecule has 5 aliphatic rings. The molecular formula is C36H64O2Si. The van der Waals surface area contributed by atoms with E-state index in [-0.39, 0.29) is 16.2 Å². The molecule has 0 saturated heterocycles. The Balaban J connectivity index is 1.49. The Bertz CT molecular complexity index is 955. The van der Waals surface area contributed by atoms with Crippen molar-refractivity contribution in [1.82, 2.24) is 0 Å². The van der Waals surface area contributed by atoms with Crippen LogP contribution >= 0.6 is 0 Å². The van der Waals surface area contributed by atoms with Gasteiger partial charge in [0, 0.05) is 12.0 Å². The van der Waals surface area contributed by atoms with Gasteiger partial charge in [0.15, 0.2) is 8.32 Å². The number of hydrogen-bond acceptors (Lipinski definition) is 2. The average molecular weight is 557 g/mol. The van der Waals surface area contributed by atoms with Gasteiger partial charge >= 0.3 is 0 Å². The maximum absolute atomic E-state index is 10.8. The van der Waals surface area contributed by atoms with Crippen LogP contribution in [-0.4, -0.2) is 26.1 Å². The monoisotopic (exact) mass is 556 g/mol. The van der Waals surface area contributed by atoms with Gasteiger partial charge in [-0.25, -0.2) is 0 Å². The van der Waals surface area contributed by atoms with Gasteiger partial charge in [0.2, 0.25) is 0 Å². The average Bonchev–Trinajstić information content (AvgIpc) is 2.89. The lowest BCUT2D eigenvalue weighted by Crippen LogP contribution is -2.65. The quantitative estimate of drug-likeness (QED) is 0.260. The van der Waals surface area contributed by atoms with Crippen LogP contribution in [0.4, 0.5) is 0 Å². The fourth-order valence-corrected chi connectivity index (χ4v) is 15.2. The SMILES string of the molecule is CC[Si](CC)(CC)O[C@H]1CCC2(C)C(CC[C@]3(C)C2CC=C2[C@@H]4CC(C)(C)CC[C@]4(CO)CC[C@@]23C)C1(C)C. The van der Waals surface area contributed by atoms with E-state index in [1.807, 2.05) is 0 Å². The summed E-state index contributed by atoms with van der Waals surface area (Å²) in [5.41, 5.74) is 3.54. The molecule has 2 nitrogen and oxygen atoms in total. The topological polar surface area (TPSA) is 29.5 Å². The molecule has 224 valence electrons. The Morgan fingerprint density at radius 3 is 2.08 bits per heavy atom.